The van der Waals surface area contributed by atoms with E-state index in [0.717, 1.165) is 25.3 Å². The zero-order valence-corrected chi connectivity index (χ0v) is 12.6. The molecular weight excluding hydrogens is 252 g/mol. The van der Waals surface area contributed by atoms with Crippen LogP contribution in [0.25, 0.3) is 0 Å². The second-order valence-corrected chi connectivity index (χ2v) is 4.99. The average molecular weight is 278 g/mol. The van der Waals surface area contributed by atoms with E-state index in [4.69, 9.17) is 5.84 Å². The molecule has 0 saturated heterocycles. The SMILES string of the molecule is CCCCN(CCCC)Cc1ccc(C(=O)NN)cn1. The first-order valence-corrected chi connectivity index (χ1v) is 7.39. The predicted octanol–water partition coefficient (Wildman–Crippen LogP) is 2.09. The van der Waals surface area contributed by atoms with Crippen molar-refractivity contribution >= 4 is 5.91 Å². The van der Waals surface area contributed by atoms with Crippen molar-refractivity contribution < 1.29 is 4.79 Å². The molecular formula is C15H26N4O. The highest BCUT2D eigenvalue weighted by Crippen LogP contribution is 2.07. The number of carbonyl (C=O) groups is 1. The third kappa shape index (κ3) is 5.67. The van der Waals surface area contributed by atoms with Crippen LogP contribution in [0.5, 0.6) is 0 Å². The monoisotopic (exact) mass is 278 g/mol. The van der Waals surface area contributed by atoms with Gasteiger partial charge in [0, 0.05) is 12.7 Å². The first kappa shape index (κ1) is 16.6. The Labute approximate surface area is 121 Å². The molecule has 0 aliphatic carbocycles. The van der Waals surface area contributed by atoms with Crippen molar-refractivity contribution in [2.75, 3.05) is 13.1 Å². The molecule has 0 fully saturated rings. The van der Waals surface area contributed by atoms with E-state index in [9.17, 15) is 4.79 Å². The zero-order valence-electron chi connectivity index (χ0n) is 12.6. The van der Waals surface area contributed by atoms with Gasteiger partial charge in [0.25, 0.3) is 5.91 Å². The fourth-order valence-electron chi connectivity index (χ4n) is 2.00. The average Bonchev–Trinajstić information content (AvgIpc) is 2.49. The Bertz CT molecular complexity index is 383. The third-order valence-electron chi connectivity index (χ3n) is 3.26. The standard InChI is InChI=1S/C15H26N4O/c1-3-5-9-19(10-6-4-2)12-14-8-7-13(11-17-14)15(20)18-16/h7-8,11H,3-6,9-10,12,16H2,1-2H3,(H,18,20). The maximum atomic E-state index is 11.3. The Balaban J connectivity index is 2.60. The molecule has 112 valence electrons. The first-order chi connectivity index (χ1) is 9.71. The van der Waals surface area contributed by atoms with E-state index in [1.165, 1.54) is 25.7 Å². The topological polar surface area (TPSA) is 71.2 Å². The van der Waals surface area contributed by atoms with Crippen LogP contribution in [0.2, 0.25) is 0 Å². The normalized spacial score (nSPS) is 10.8. The summed E-state index contributed by atoms with van der Waals surface area (Å²) in [7, 11) is 0. The van der Waals surface area contributed by atoms with E-state index >= 15 is 0 Å². The van der Waals surface area contributed by atoms with Crippen LogP contribution in [0.4, 0.5) is 0 Å². The largest absolute Gasteiger partial charge is 0.298 e. The molecule has 1 aromatic heterocycles. The summed E-state index contributed by atoms with van der Waals surface area (Å²) in [6.45, 7) is 7.45. The van der Waals surface area contributed by atoms with Crippen molar-refractivity contribution in [1.29, 1.82) is 0 Å². The van der Waals surface area contributed by atoms with E-state index in [0.29, 0.717) is 5.56 Å². The molecule has 0 saturated carbocycles. The lowest BCUT2D eigenvalue weighted by molar-refractivity contribution is 0.0953. The van der Waals surface area contributed by atoms with Gasteiger partial charge in [0.1, 0.15) is 0 Å². The molecule has 20 heavy (non-hydrogen) atoms. The number of hydrogen-bond acceptors (Lipinski definition) is 4. The summed E-state index contributed by atoms with van der Waals surface area (Å²) in [4.78, 5) is 18.1. The van der Waals surface area contributed by atoms with Crippen LogP contribution in [-0.4, -0.2) is 28.9 Å². The first-order valence-electron chi connectivity index (χ1n) is 7.39. The highest BCUT2D eigenvalue weighted by molar-refractivity contribution is 5.93. The number of unbranched alkanes of at least 4 members (excludes halogenated alkanes) is 2. The van der Waals surface area contributed by atoms with Gasteiger partial charge in [-0.1, -0.05) is 26.7 Å². The minimum atomic E-state index is -0.308. The van der Waals surface area contributed by atoms with E-state index < -0.39 is 0 Å². The Morgan fingerprint density at radius 2 is 1.90 bits per heavy atom. The number of nitrogens with two attached hydrogens (primary N) is 1. The van der Waals surface area contributed by atoms with Gasteiger partial charge in [-0.25, -0.2) is 5.84 Å². The fourth-order valence-corrected chi connectivity index (χ4v) is 2.00. The van der Waals surface area contributed by atoms with E-state index in [1.807, 2.05) is 6.07 Å². The molecule has 1 heterocycles. The molecule has 0 spiro atoms. The smallest absolute Gasteiger partial charge is 0.266 e. The van der Waals surface area contributed by atoms with Crippen molar-refractivity contribution in [2.24, 2.45) is 5.84 Å². The quantitative estimate of drug-likeness (QED) is 0.412. The van der Waals surface area contributed by atoms with Crippen molar-refractivity contribution in [3.8, 4) is 0 Å². The molecule has 0 atom stereocenters. The lowest BCUT2D eigenvalue weighted by atomic mass is 10.2. The number of nitrogens with one attached hydrogen (secondary N) is 1. The molecule has 3 N–H and O–H groups in total. The van der Waals surface area contributed by atoms with E-state index in [2.05, 4.69) is 29.2 Å². The Morgan fingerprint density at radius 3 is 2.35 bits per heavy atom. The molecule has 0 unspecified atom stereocenters. The van der Waals surface area contributed by atoms with Gasteiger partial charge < -0.3 is 0 Å². The minimum absolute atomic E-state index is 0.308. The molecule has 0 aliphatic heterocycles. The molecule has 0 radical (unpaired) electrons. The van der Waals surface area contributed by atoms with Gasteiger partial charge in [0.2, 0.25) is 0 Å². The van der Waals surface area contributed by atoms with Gasteiger partial charge >= 0.3 is 0 Å². The molecule has 5 heteroatoms. The van der Waals surface area contributed by atoms with Gasteiger partial charge in [0.05, 0.1) is 11.3 Å². The van der Waals surface area contributed by atoms with Crippen LogP contribution in [0.3, 0.4) is 0 Å². The summed E-state index contributed by atoms with van der Waals surface area (Å²) in [5.74, 6) is 4.79. The summed E-state index contributed by atoms with van der Waals surface area (Å²) in [6.07, 6.45) is 6.39. The fraction of sp³-hybridized carbons (Fsp3) is 0.600. The zero-order chi connectivity index (χ0) is 14.8. The maximum Gasteiger partial charge on any atom is 0.266 e. The lowest BCUT2D eigenvalue weighted by Gasteiger charge is -2.21. The highest BCUT2D eigenvalue weighted by atomic mass is 16.2. The number of nitrogen functional groups attached to an aromatic ring is 1. The van der Waals surface area contributed by atoms with Crippen molar-refractivity contribution in [1.82, 2.24) is 15.3 Å². The van der Waals surface area contributed by atoms with Crippen LogP contribution < -0.4 is 11.3 Å². The summed E-state index contributed by atoms with van der Waals surface area (Å²) in [5, 5.41) is 0. The van der Waals surface area contributed by atoms with Gasteiger partial charge in [-0.15, -0.1) is 0 Å². The lowest BCUT2D eigenvalue weighted by Crippen LogP contribution is -2.30. The van der Waals surface area contributed by atoms with E-state index in [-0.39, 0.29) is 5.91 Å². The molecule has 1 amide bonds. The molecule has 1 aromatic rings. The summed E-state index contributed by atoms with van der Waals surface area (Å²) < 4.78 is 0. The number of hydrogen-bond donors (Lipinski definition) is 2. The number of hydrazine groups is 1. The predicted molar refractivity (Wildman–Crippen MR) is 81.0 cm³/mol. The number of pyridine rings is 1. The maximum absolute atomic E-state index is 11.3. The van der Waals surface area contributed by atoms with E-state index in [1.54, 1.807) is 12.3 Å². The molecule has 0 bridgehead atoms. The molecule has 1 rings (SSSR count). The summed E-state index contributed by atoms with van der Waals surface area (Å²) >= 11 is 0. The van der Waals surface area contributed by atoms with Crippen molar-refractivity contribution in [3.05, 3.63) is 29.6 Å². The number of carbonyl (C=O) groups excluding carboxylic acids is 1. The molecule has 5 nitrogen and oxygen atoms in total. The second kappa shape index (κ2) is 9.44. The van der Waals surface area contributed by atoms with Crippen LogP contribution in [0, 0.1) is 0 Å². The van der Waals surface area contributed by atoms with Crippen molar-refractivity contribution in [3.63, 3.8) is 0 Å². The third-order valence-corrected chi connectivity index (χ3v) is 3.26. The van der Waals surface area contributed by atoms with Crippen molar-refractivity contribution in [2.45, 2.75) is 46.1 Å². The van der Waals surface area contributed by atoms with Crippen LogP contribution in [0.1, 0.15) is 55.6 Å². The van der Waals surface area contributed by atoms with Gasteiger partial charge in [-0.05, 0) is 38.1 Å². The van der Waals surface area contributed by atoms with Gasteiger partial charge in [0.15, 0.2) is 0 Å². The highest BCUT2D eigenvalue weighted by Gasteiger charge is 2.08. The summed E-state index contributed by atoms with van der Waals surface area (Å²) in [5.41, 5.74) is 3.59. The van der Waals surface area contributed by atoms with Crippen LogP contribution in [-0.2, 0) is 6.54 Å². The Kier molecular flexibility index (Phi) is 7.84. The van der Waals surface area contributed by atoms with Gasteiger partial charge in [-0.3, -0.25) is 20.1 Å². The van der Waals surface area contributed by atoms with Gasteiger partial charge in [-0.2, -0.15) is 0 Å². The minimum Gasteiger partial charge on any atom is -0.298 e. The van der Waals surface area contributed by atoms with Crippen LogP contribution in [0.15, 0.2) is 18.3 Å². The number of aromatic nitrogens is 1. The molecule has 0 aliphatic rings. The number of rotatable bonds is 9. The Morgan fingerprint density at radius 1 is 1.25 bits per heavy atom. The number of amides is 1. The molecule has 0 aromatic carbocycles. The summed E-state index contributed by atoms with van der Waals surface area (Å²) in [6, 6.07) is 3.66. The van der Waals surface area contributed by atoms with Crippen LogP contribution >= 0.6 is 0 Å². The number of nitrogens with zero attached hydrogens (tertiary/aromatic N) is 2. The second-order valence-electron chi connectivity index (χ2n) is 4.99. The Hall–Kier alpha value is -1.46.